The number of sulfonamides is 1. The Bertz CT molecular complexity index is 800. The fraction of sp³-hybridized carbons (Fsp3) is 0.800. The lowest BCUT2D eigenvalue weighted by Gasteiger charge is -2.41. The summed E-state index contributed by atoms with van der Waals surface area (Å²) in [6.07, 6.45) is 4.77. The molecule has 3 heterocycles. The highest BCUT2D eigenvalue weighted by atomic mass is 32.2. The number of nitrogens with one attached hydrogen (secondary N) is 1. The van der Waals surface area contributed by atoms with Gasteiger partial charge in [0.2, 0.25) is 15.9 Å². The molecule has 2 saturated heterocycles. The molecule has 9 heteroatoms. The molecule has 2 aliphatic heterocycles. The van der Waals surface area contributed by atoms with Crippen LogP contribution in [-0.2, 0) is 14.8 Å². The fourth-order valence-corrected chi connectivity index (χ4v) is 6.15. The molecule has 0 saturated carbocycles. The van der Waals surface area contributed by atoms with Crippen molar-refractivity contribution in [2.24, 2.45) is 5.92 Å². The lowest BCUT2D eigenvalue weighted by atomic mass is 9.95. The topological polar surface area (TPSA) is 95.8 Å². The zero-order valence-corrected chi connectivity index (χ0v) is 18.8. The second kappa shape index (κ2) is 8.73. The van der Waals surface area contributed by atoms with E-state index >= 15 is 0 Å². The molecule has 164 valence electrons. The molecule has 1 aromatic heterocycles. The Morgan fingerprint density at radius 3 is 2.31 bits per heavy atom. The molecule has 0 spiro atoms. The molecule has 1 amide bonds. The van der Waals surface area contributed by atoms with Crippen LogP contribution >= 0.6 is 0 Å². The van der Waals surface area contributed by atoms with Gasteiger partial charge in [-0.15, -0.1) is 0 Å². The number of piperidine rings is 2. The average molecular weight is 427 g/mol. The van der Waals surface area contributed by atoms with E-state index in [2.05, 4.69) is 29.2 Å². The van der Waals surface area contributed by atoms with Gasteiger partial charge in [-0.1, -0.05) is 11.6 Å². The van der Waals surface area contributed by atoms with Gasteiger partial charge in [-0.3, -0.25) is 9.69 Å². The van der Waals surface area contributed by atoms with E-state index in [9.17, 15) is 13.2 Å². The molecular weight excluding hydrogens is 392 g/mol. The van der Waals surface area contributed by atoms with Crippen molar-refractivity contribution in [2.45, 2.75) is 70.2 Å². The van der Waals surface area contributed by atoms with Crippen LogP contribution in [0.3, 0.4) is 0 Å². The molecule has 0 radical (unpaired) electrons. The molecule has 1 N–H and O–H groups in total. The van der Waals surface area contributed by atoms with Crippen LogP contribution in [0.5, 0.6) is 0 Å². The standard InChI is InChI=1S/C20H34N4O4S/c1-15-18(16(2)28-22-15)29(26,27)24-12-8-17(9-13-24)19(25)21-14-20(3,4)23-10-6-5-7-11-23/h17H,5-14H2,1-4H3,(H,21,25). The van der Waals surface area contributed by atoms with Gasteiger partial charge in [0.15, 0.2) is 5.76 Å². The maximum absolute atomic E-state index is 12.9. The first-order valence-corrected chi connectivity index (χ1v) is 12.0. The minimum atomic E-state index is -3.64. The van der Waals surface area contributed by atoms with Crippen LogP contribution in [0.15, 0.2) is 9.42 Å². The van der Waals surface area contributed by atoms with Crippen LogP contribution in [0.4, 0.5) is 0 Å². The third-order valence-corrected chi connectivity index (χ3v) is 8.44. The van der Waals surface area contributed by atoms with Gasteiger partial charge in [-0.2, -0.15) is 4.31 Å². The van der Waals surface area contributed by atoms with Crippen LogP contribution in [0.2, 0.25) is 0 Å². The second-order valence-electron chi connectivity index (χ2n) is 8.91. The monoisotopic (exact) mass is 426 g/mol. The number of hydrogen-bond acceptors (Lipinski definition) is 6. The Morgan fingerprint density at radius 2 is 1.76 bits per heavy atom. The molecule has 2 fully saturated rings. The van der Waals surface area contributed by atoms with Gasteiger partial charge in [-0.05, 0) is 66.5 Å². The summed E-state index contributed by atoms with van der Waals surface area (Å²) in [5, 5.41) is 6.87. The number of rotatable bonds is 6. The number of nitrogens with zero attached hydrogens (tertiary/aromatic N) is 3. The Morgan fingerprint density at radius 1 is 1.14 bits per heavy atom. The molecule has 3 rings (SSSR count). The maximum Gasteiger partial charge on any atom is 0.248 e. The zero-order chi connectivity index (χ0) is 21.2. The first-order chi connectivity index (χ1) is 13.6. The molecule has 8 nitrogen and oxygen atoms in total. The summed E-state index contributed by atoms with van der Waals surface area (Å²) in [6.45, 7) is 11.0. The molecule has 1 aromatic rings. The number of hydrogen-bond donors (Lipinski definition) is 1. The van der Waals surface area contributed by atoms with Crippen molar-refractivity contribution in [1.29, 1.82) is 0 Å². The Kier molecular flexibility index (Phi) is 6.70. The van der Waals surface area contributed by atoms with Crippen LogP contribution in [0, 0.1) is 19.8 Å². The van der Waals surface area contributed by atoms with Crippen molar-refractivity contribution in [1.82, 2.24) is 19.7 Å². The molecule has 29 heavy (non-hydrogen) atoms. The van der Waals surface area contributed by atoms with E-state index in [1.54, 1.807) is 13.8 Å². The van der Waals surface area contributed by atoms with E-state index < -0.39 is 10.0 Å². The van der Waals surface area contributed by atoms with E-state index in [1.807, 2.05) is 0 Å². The van der Waals surface area contributed by atoms with E-state index in [1.165, 1.54) is 23.6 Å². The first-order valence-electron chi connectivity index (χ1n) is 10.6. The van der Waals surface area contributed by atoms with Crippen LogP contribution in [0.25, 0.3) is 0 Å². The minimum Gasteiger partial charge on any atom is -0.360 e. The summed E-state index contributed by atoms with van der Waals surface area (Å²) in [5.74, 6) is 0.190. The Hall–Kier alpha value is -1.45. The first kappa shape index (κ1) is 22.2. The fourth-order valence-electron chi connectivity index (χ4n) is 4.39. The van der Waals surface area contributed by atoms with Gasteiger partial charge in [0.1, 0.15) is 10.6 Å². The number of aromatic nitrogens is 1. The molecule has 0 atom stereocenters. The van der Waals surface area contributed by atoms with Crippen molar-refractivity contribution in [2.75, 3.05) is 32.7 Å². The van der Waals surface area contributed by atoms with E-state index in [0.717, 1.165) is 13.1 Å². The number of amides is 1. The van der Waals surface area contributed by atoms with Crippen molar-refractivity contribution in [3.05, 3.63) is 11.5 Å². The quantitative estimate of drug-likeness (QED) is 0.748. The highest BCUT2D eigenvalue weighted by Gasteiger charge is 2.36. The number of likely N-dealkylation sites (tertiary alicyclic amines) is 1. The normalized spacial score (nSPS) is 20.7. The third-order valence-electron chi connectivity index (χ3n) is 6.30. The summed E-state index contributed by atoms with van der Waals surface area (Å²) >= 11 is 0. The molecular formula is C20H34N4O4S. The molecule has 0 bridgehead atoms. The maximum atomic E-state index is 12.9. The van der Waals surface area contributed by atoms with Crippen LogP contribution < -0.4 is 5.32 Å². The van der Waals surface area contributed by atoms with Gasteiger partial charge >= 0.3 is 0 Å². The highest BCUT2D eigenvalue weighted by molar-refractivity contribution is 7.89. The van der Waals surface area contributed by atoms with Gasteiger partial charge < -0.3 is 9.84 Å². The number of aryl methyl sites for hydroxylation is 2. The van der Waals surface area contributed by atoms with Gasteiger partial charge in [0.25, 0.3) is 0 Å². The van der Waals surface area contributed by atoms with Crippen molar-refractivity contribution < 1.29 is 17.7 Å². The lowest BCUT2D eigenvalue weighted by molar-refractivity contribution is -0.126. The number of carbonyl (C=O) groups excluding carboxylic acids is 1. The SMILES string of the molecule is Cc1noc(C)c1S(=O)(=O)N1CCC(C(=O)NCC(C)(C)N2CCCCC2)CC1. The Balaban J connectivity index is 1.53. The summed E-state index contributed by atoms with van der Waals surface area (Å²) < 4.78 is 32.3. The summed E-state index contributed by atoms with van der Waals surface area (Å²) in [6, 6.07) is 0. The molecule has 0 aliphatic carbocycles. The third kappa shape index (κ3) is 4.83. The van der Waals surface area contributed by atoms with E-state index in [4.69, 9.17) is 4.52 Å². The van der Waals surface area contributed by atoms with Crippen molar-refractivity contribution in [3.8, 4) is 0 Å². The van der Waals surface area contributed by atoms with E-state index in [-0.39, 0.29) is 22.3 Å². The Labute approximate surface area is 174 Å². The predicted molar refractivity (Wildman–Crippen MR) is 110 cm³/mol. The predicted octanol–water partition coefficient (Wildman–Crippen LogP) is 2.07. The summed E-state index contributed by atoms with van der Waals surface area (Å²) in [7, 11) is -3.64. The van der Waals surface area contributed by atoms with Gasteiger partial charge in [-0.25, -0.2) is 8.42 Å². The number of carbonyl (C=O) groups is 1. The highest BCUT2D eigenvalue weighted by Crippen LogP contribution is 2.28. The molecule has 0 aromatic carbocycles. The van der Waals surface area contributed by atoms with E-state index in [0.29, 0.717) is 43.9 Å². The largest absolute Gasteiger partial charge is 0.360 e. The summed E-state index contributed by atoms with van der Waals surface area (Å²) in [4.78, 5) is 15.3. The van der Waals surface area contributed by atoms with Crippen molar-refractivity contribution >= 4 is 15.9 Å². The van der Waals surface area contributed by atoms with Crippen molar-refractivity contribution in [3.63, 3.8) is 0 Å². The summed E-state index contributed by atoms with van der Waals surface area (Å²) in [5.41, 5.74) is 0.311. The molecule has 2 aliphatic rings. The minimum absolute atomic E-state index is 0.0319. The second-order valence-corrected chi connectivity index (χ2v) is 10.8. The smallest absolute Gasteiger partial charge is 0.248 e. The molecule has 0 unspecified atom stereocenters. The zero-order valence-electron chi connectivity index (χ0n) is 18.0. The van der Waals surface area contributed by atoms with Gasteiger partial charge in [0, 0.05) is 31.1 Å². The lowest BCUT2D eigenvalue weighted by Crippen LogP contribution is -2.54. The average Bonchev–Trinajstić information content (AvgIpc) is 3.06. The van der Waals surface area contributed by atoms with Crippen LogP contribution in [-0.4, -0.2) is 66.9 Å². The van der Waals surface area contributed by atoms with Gasteiger partial charge in [0.05, 0.1) is 0 Å². The van der Waals surface area contributed by atoms with Crippen LogP contribution in [0.1, 0.15) is 57.4 Å².